The predicted molar refractivity (Wildman–Crippen MR) is 57.1 cm³/mol. The van der Waals surface area contributed by atoms with Gasteiger partial charge in [0.15, 0.2) is 0 Å². The first-order chi connectivity index (χ1) is 6.13. The molecule has 1 fully saturated rings. The van der Waals surface area contributed by atoms with E-state index < -0.39 is 0 Å². The molecule has 2 atom stereocenters. The van der Waals surface area contributed by atoms with Crippen LogP contribution >= 0.6 is 0 Å². The van der Waals surface area contributed by atoms with Crippen molar-refractivity contribution in [2.24, 2.45) is 0 Å². The van der Waals surface area contributed by atoms with E-state index in [9.17, 15) is 0 Å². The highest BCUT2D eigenvalue weighted by atomic mass is 15.2. The first kappa shape index (κ1) is 11.0. The van der Waals surface area contributed by atoms with E-state index in [-0.39, 0.29) is 0 Å². The molecule has 3 nitrogen and oxygen atoms in total. The molecule has 0 radical (unpaired) electrons. The molecule has 1 saturated heterocycles. The van der Waals surface area contributed by atoms with Crippen molar-refractivity contribution in [1.29, 1.82) is 0 Å². The molecule has 0 aromatic heterocycles. The highest BCUT2D eigenvalue weighted by Gasteiger charge is 2.22. The molecule has 1 aliphatic rings. The molecule has 1 heterocycles. The van der Waals surface area contributed by atoms with E-state index in [4.69, 9.17) is 0 Å². The number of nitrogens with zero attached hydrogens (tertiary/aromatic N) is 2. The van der Waals surface area contributed by atoms with Crippen molar-refractivity contribution >= 4 is 0 Å². The summed E-state index contributed by atoms with van der Waals surface area (Å²) in [5, 5.41) is 3.38. The third-order valence-electron chi connectivity index (χ3n) is 3.24. The average molecular weight is 185 g/mol. The zero-order valence-electron chi connectivity index (χ0n) is 9.38. The van der Waals surface area contributed by atoms with E-state index in [0.717, 1.165) is 13.1 Å². The van der Waals surface area contributed by atoms with Crippen molar-refractivity contribution in [2.45, 2.75) is 25.9 Å². The maximum absolute atomic E-state index is 3.38. The topological polar surface area (TPSA) is 18.5 Å². The minimum absolute atomic E-state index is 0.637. The second-order valence-electron chi connectivity index (χ2n) is 4.23. The fraction of sp³-hybridized carbons (Fsp3) is 1.00. The zero-order chi connectivity index (χ0) is 9.84. The summed E-state index contributed by atoms with van der Waals surface area (Å²) in [7, 11) is 4.31. The maximum atomic E-state index is 3.38. The lowest BCUT2D eigenvalue weighted by Gasteiger charge is -2.38. The molecule has 1 aliphatic heterocycles. The van der Waals surface area contributed by atoms with E-state index in [1.165, 1.54) is 13.1 Å². The molecular weight excluding hydrogens is 162 g/mol. The van der Waals surface area contributed by atoms with Crippen LogP contribution < -0.4 is 5.32 Å². The standard InChI is InChI=1S/C10H23N3/c1-9(12(3)4)10(2)13-7-5-11-6-8-13/h9-11H,5-8H2,1-4H3. The summed E-state index contributed by atoms with van der Waals surface area (Å²) >= 11 is 0. The summed E-state index contributed by atoms with van der Waals surface area (Å²) < 4.78 is 0. The Morgan fingerprint density at radius 1 is 1.15 bits per heavy atom. The molecular formula is C10H23N3. The molecule has 1 N–H and O–H groups in total. The van der Waals surface area contributed by atoms with Gasteiger partial charge in [0.05, 0.1) is 0 Å². The molecule has 0 saturated carbocycles. The van der Waals surface area contributed by atoms with E-state index in [0.29, 0.717) is 12.1 Å². The molecule has 13 heavy (non-hydrogen) atoms. The lowest BCUT2D eigenvalue weighted by molar-refractivity contribution is 0.115. The molecule has 0 amide bonds. The van der Waals surface area contributed by atoms with Gasteiger partial charge in [0.2, 0.25) is 0 Å². The quantitative estimate of drug-likeness (QED) is 0.679. The number of hydrogen-bond donors (Lipinski definition) is 1. The summed E-state index contributed by atoms with van der Waals surface area (Å²) in [5.41, 5.74) is 0. The van der Waals surface area contributed by atoms with Gasteiger partial charge in [-0.1, -0.05) is 0 Å². The van der Waals surface area contributed by atoms with Crippen molar-refractivity contribution < 1.29 is 0 Å². The van der Waals surface area contributed by atoms with Gasteiger partial charge in [-0.25, -0.2) is 0 Å². The molecule has 2 unspecified atom stereocenters. The van der Waals surface area contributed by atoms with Gasteiger partial charge in [0, 0.05) is 38.3 Å². The monoisotopic (exact) mass is 185 g/mol. The summed E-state index contributed by atoms with van der Waals surface area (Å²) in [4.78, 5) is 4.87. The third kappa shape index (κ3) is 2.93. The number of piperazine rings is 1. The van der Waals surface area contributed by atoms with Crippen molar-refractivity contribution in [3.63, 3.8) is 0 Å². The molecule has 0 aromatic rings. The van der Waals surface area contributed by atoms with Crippen LogP contribution in [0.5, 0.6) is 0 Å². The summed E-state index contributed by atoms with van der Waals surface area (Å²) in [5.74, 6) is 0. The Labute approximate surface area is 82.1 Å². The summed E-state index contributed by atoms with van der Waals surface area (Å²) in [6.07, 6.45) is 0. The maximum Gasteiger partial charge on any atom is 0.0221 e. The Morgan fingerprint density at radius 3 is 2.15 bits per heavy atom. The van der Waals surface area contributed by atoms with Gasteiger partial charge in [0.1, 0.15) is 0 Å². The van der Waals surface area contributed by atoms with Crippen LogP contribution in [0.3, 0.4) is 0 Å². The second kappa shape index (κ2) is 4.94. The molecule has 1 rings (SSSR count). The van der Waals surface area contributed by atoms with Crippen LogP contribution in [0, 0.1) is 0 Å². The van der Waals surface area contributed by atoms with Crippen molar-refractivity contribution in [1.82, 2.24) is 15.1 Å². The minimum atomic E-state index is 0.637. The van der Waals surface area contributed by atoms with E-state index in [2.05, 4.69) is 43.1 Å². The van der Waals surface area contributed by atoms with Gasteiger partial charge >= 0.3 is 0 Å². The molecule has 0 bridgehead atoms. The van der Waals surface area contributed by atoms with Crippen LogP contribution in [0.2, 0.25) is 0 Å². The number of hydrogen-bond acceptors (Lipinski definition) is 3. The lowest BCUT2D eigenvalue weighted by atomic mass is 10.1. The third-order valence-corrected chi connectivity index (χ3v) is 3.24. The van der Waals surface area contributed by atoms with Gasteiger partial charge in [-0.3, -0.25) is 4.90 Å². The van der Waals surface area contributed by atoms with Gasteiger partial charge in [0.25, 0.3) is 0 Å². The van der Waals surface area contributed by atoms with E-state index in [1.807, 2.05) is 0 Å². The smallest absolute Gasteiger partial charge is 0.0221 e. The number of nitrogens with one attached hydrogen (secondary N) is 1. The molecule has 78 valence electrons. The highest BCUT2D eigenvalue weighted by molar-refractivity contribution is 4.80. The van der Waals surface area contributed by atoms with E-state index in [1.54, 1.807) is 0 Å². The fourth-order valence-electron chi connectivity index (χ4n) is 1.83. The number of likely N-dealkylation sites (N-methyl/N-ethyl adjacent to an activating group) is 1. The van der Waals surface area contributed by atoms with Gasteiger partial charge in [-0.05, 0) is 27.9 Å². The van der Waals surface area contributed by atoms with Crippen molar-refractivity contribution in [3.8, 4) is 0 Å². The van der Waals surface area contributed by atoms with Crippen LogP contribution in [-0.4, -0.2) is 62.2 Å². The van der Waals surface area contributed by atoms with Crippen molar-refractivity contribution in [2.75, 3.05) is 40.3 Å². The zero-order valence-corrected chi connectivity index (χ0v) is 9.38. The average Bonchev–Trinajstić information content (AvgIpc) is 2.17. The Hall–Kier alpha value is -0.120. The first-order valence-corrected chi connectivity index (χ1v) is 5.24. The Balaban J connectivity index is 2.40. The Bertz CT molecular complexity index is 141. The minimum Gasteiger partial charge on any atom is -0.314 e. The summed E-state index contributed by atoms with van der Waals surface area (Å²) in [6.45, 7) is 9.30. The fourth-order valence-corrected chi connectivity index (χ4v) is 1.83. The van der Waals surface area contributed by atoms with E-state index >= 15 is 0 Å². The van der Waals surface area contributed by atoms with Crippen LogP contribution in [0.1, 0.15) is 13.8 Å². The second-order valence-corrected chi connectivity index (χ2v) is 4.23. The van der Waals surface area contributed by atoms with Crippen LogP contribution in [0.4, 0.5) is 0 Å². The normalized spacial score (nSPS) is 24.7. The first-order valence-electron chi connectivity index (χ1n) is 5.24. The number of rotatable bonds is 3. The molecule has 3 heteroatoms. The lowest BCUT2D eigenvalue weighted by Crippen LogP contribution is -2.53. The molecule has 0 aliphatic carbocycles. The highest BCUT2D eigenvalue weighted by Crippen LogP contribution is 2.08. The summed E-state index contributed by atoms with van der Waals surface area (Å²) in [6, 6.07) is 1.30. The molecule has 0 aromatic carbocycles. The van der Waals surface area contributed by atoms with Gasteiger partial charge < -0.3 is 10.2 Å². The Morgan fingerprint density at radius 2 is 1.69 bits per heavy atom. The predicted octanol–water partition coefficient (Wildman–Crippen LogP) is 0.230. The van der Waals surface area contributed by atoms with Crippen LogP contribution in [-0.2, 0) is 0 Å². The SMILES string of the molecule is CC(C(C)N1CCNCC1)N(C)C. The van der Waals surface area contributed by atoms with Gasteiger partial charge in [-0.15, -0.1) is 0 Å². The van der Waals surface area contributed by atoms with Crippen LogP contribution in [0.15, 0.2) is 0 Å². The van der Waals surface area contributed by atoms with Crippen molar-refractivity contribution in [3.05, 3.63) is 0 Å². The van der Waals surface area contributed by atoms with Crippen LogP contribution in [0.25, 0.3) is 0 Å². The Kier molecular flexibility index (Phi) is 4.16. The van der Waals surface area contributed by atoms with Gasteiger partial charge in [-0.2, -0.15) is 0 Å². The molecule has 0 spiro atoms. The largest absolute Gasteiger partial charge is 0.314 e.